The molecular formula is C19H16OS. The third-order valence-electron chi connectivity index (χ3n) is 3.35. The summed E-state index contributed by atoms with van der Waals surface area (Å²) in [6, 6.07) is 17.2. The van der Waals surface area contributed by atoms with Crippen LogP contribution < -0.4 is 0 Å². The van der Waals surface area contributed by atoms with Crippen LogP contribution in [0.5, 0.6) is 0 Å². The van der Waals surface area contributed by atoms with Crippen molar-refractivity contribution in [2.45, 2.75) is 17.7 Å². The maximum Gasteiger partial charge on any atom is 0.193 e. The number of thioether (sulfide) groups is 1. The standard InChI is InChI=1S/C19H16OS/c20-19(15-7-3-1-4-8-15)16-11-13-18(14-12-16)21-17-9-5-2-6-10-17/h1,3-5,7-14H,2,6H2. The summed E-state index contributed by atoms with van der Waals surface area (Å²) >= 11 is 1.74. The smallest absolute Gasteiger partial charge is 0.193 e. The first-order valence-electron chi connectivity index (χ1n) is 7.07. The minimum absolute atomic E-state index is 0.0731. The molecule has 0 aliphatic heterocycles. The van der Waals surface area contributed by atoms with Crippen LogP contribution >= 0.6 is 11.8 Å². The van der Waals surface area contributed by atoms with Crippen LogP contribution in [0.3, 0.4) is 0 Å². The highest BCUT2D eigenvalue weighted by Crippen LogP contribution is 2.30. The van der Waals surface area contributed by atoms with Gasteiger partial charge in [0.15, 0.2) is 5.78 Å². The van der Waals surface area contributed by atoms with Crippen molar-refractivity contribution in [1.82, 2.24) is 0 Å². The molecule has 0 amide bonds. The first-order chi connectivity index (χ1) is 10.3. The highest BCUT2D eigenvalue weighted by atomic mass is 32.2. The highest BCUT2D eigenvalue weighted by Gasteiger charge is 2.08. The maximum atomic E-state index is 12.3. The lowest BCUT2D eigenvalue weighted by atomic mass is 10.0. The van der Waals surface area contributed by atoms with E-state index in [0.717, 1.165) is 28.9 Å². The van der Waals surface area contributed by atoms with Crippen LogP contribution in [0.4, 0.5) is 0 Å². The molecule has 2 aromatic carbocycles. The normalized spacial score (nSPS) is 13.8. The van der Waals surface area contributed by atoms with Gasteiger partial charge in [0.1, 0.15) is 0 Å². The fourth-order valence-electron chi connectivity index (χ4n) is 2.23. The van der Waals surface area contributed by atoms with Gasteiger partial charge in [-0.25, -0.2) is 0 Å². The van der Waals surface area contributed by atoms with Gasteiger partial charge in [-0.2, -0.15) is 0 Å². The Bertz CT molecular complexity index is 681. The van der Waals surface area contributed by atoms with E-state index in [4.69, 9.17) is 0 Å². The van der Waals surface area contributed by atoms with Gasteiger partial charge in [-0.3, -0.25) is 4.79 Å². The Morgan fingerprint density at radius 3 is 2.24 bits per heavy atom. The molecule has 21 heavy (non-hydrogen) atoms. The summed E-state index contributed by atoms with van der Waals surface area (Å²) < 4.78 is 0. The average molecular weight is 292 g/mol. The van der Waals surface area contributed by atoms with Crippen molar-refractivity contribution in [2.75, 3.05) is 0 Å². The Labute approximate surface area is 129 Å². The van der Waals surface area contributed by atoms with Crippen molar-refractivity contribution >= 4 is 17.5 Å². The predicted octanol–water partition coefficient (Wildman–Crippen LogP) is 5.24. The van der Waals surface area contributed by atoms with E-state index >= 15 is 0 Å². The molecule has 104 valence electrons. The molecule has 0 saturated heterocycles. The lowest BCUT2D eigenvalue weighted by Gasteiger charge is -2.07. The second kappa shape index (κ2) is 6.59. The van der Waals surface area contributed by atoms with Crippen molar-refractivity contribution < 1.29 is 4.79 Å². The SMILES string of the molecule is O=C(c1ccccc1)c1ccc(SC2=CCCC=C2)cc1. The molecular weight excluding hydrogens is 276 g/mol. The van der Waals surface area contributed by atoms with E-state index in [1.54, 1.807) is 11.8 Å². The Morgan fingerprint density at radius 1 is 0.857 bits per heavy atom. The topological polar surface area (TPSA) is 17.1 Å². The van der Waals surface area contributed by atoms with Crippen molar-refractivity contribution in [3.05, 3.63) is 88.9 Å². The second-order valence-electron chi connectivity index (χ2n) is 4.91. The zero-order valence-electron chi connectivity index (χ0n) is 11.7. The van der Waals surface area contributed by atoms with Gasteiger partial charge in [0.05, 0.1) is 0 Å². The van der Waals surface area contributed by atoms with Crippen LogP contribution in [-0.4, -0.2) is 5.78 Å². The predicted molar refractivity (Wildman–Crippen MR) is 88.6 cm³/mol. The minimum atomic E-state index is 0.0731. The third-order valence-corrected chi connectivity index (χ3v) is 4.40. The molecule has 0 saturated carbocycles. The Balaban J connectivity index is 1.73. The van der Waals surface area contributed by atoms with E-state index in [0.29, 0.717) is 0 Å². The van der Waals surface area contributed by atoms with E-state index in [-0.39, 0.29) is 5.78 Å². The van der Waals surface area contributed by atoms with Gasteiger partial charge >= 0.3 is 0 Å². The molecule has 0 aromatic heterocycles. The average Bonchev–Trinajstić information content (AvgIpc) is 2.57. The fourth-order valence-corrected chi connectivity index (χ4v) is 3.14. The number of allylic oxidation sites excluding steroid dienone is 3. The number of benzene rings is 2. The van der Waals surface area contributed by atoms with E-state index in [9.17, 15) is 4.79 Å². The number of carbonyl (C=O) groups excluding carboxylic acids is 1. The molecule has 1 aliphatic carbocycles. The number of ketones is 1. The lowest BCUT2D eigenvalue weighted by molar-refractivity contribution is 0.103. The monoisotopic (exact) mass is 292 g/mol. The van der Waals surface area contributed by atoms with Gasteiger partial charge in [-0.1, -0.05) is 60.3 Å². The number of carbonyl (C=O) groups is 1. The summed E-state index contributed by atoms with van der Waals surface area (Å²) in [7, 11) is 0. The molecule has 0 fully saturated rings. The van der Waals surface area contributed by atoms with E-state index in [1.165, 1.54) is 4.91 Å². The maximum absolute atomic E-state index is 12.3. The fraction of sp³-hybridized carbons (Fsp3) is 0.105. The van der Waals surface area contributed by atoms with E-state index < -0.39 is 0 Å². The first kappa shape index (κ1) is 13.9. The van der Waals surface area contributed by atoms with Gasteiger partial charge in [-0.05, 0) is 37.1 Å². The van der Waals surface area contributed by atoms with Gasteiger partial charge in [0, 0.05) is 20.9 Å². The summed E-state index contributed by atoms with van der Waals surface area (Å²) in [5.41, 5.74) is 1.47. The zero-order valence-corrected chi connectivity index (χ0v) is 12.5. The molecule has 0 radical (unpaired) electrons. The number of hydrogen-bond donors (Lipinski definition) is 0. The van der Waals surface area contributed by atoms with Crippen LogP contribution in [0.2, 0.25) is 0 Å². The summed E-state index contributed by atoms with van der Waals surface area (Å²) in [5, 5.41) is 0. The molecule has 0 spiro atoms. The minimum Gasteiger partial charge on any atom is -0.289 e. The van der Waals surface area contributed by atoms with Crippen LogP contribution in [0, 0.1) is 0 Å². The van der Waals surface area contributed by atoms with Crippen molar-refractivity contribution in [2.24, 2.45) is 0 Å². The van der Waals surface area contributed by atoms with Crippen LogP contribution in [0.25, 0.3) is 0 Å². The van der Waals surface area contributed by atoms with Gasteiger partial charge < -0.3 is 0 Å². The summed E-state index contributed by atoms with van der Waals surface area (Å²) in [6.07, 6.45) is 8.87. The Morgan fingerprint density at radius 2 is 1.57 bits per heavy atom. The van der Waals surface area contributed by atoms with Crippen LogP contribution in [0.15, 0.2) is 82.6 Å². The quantitative estimate of drug-likeness (QED) is 0.716. The van der Waals surface area contributed by atoms with Crippen molar-refractivity contribution in [1.29, 1.82) is 0 Å². The zero-order chi connectivity index (χ0) is 14.5. The molecule has 3 rings (SSSR count). The molecule has 0 unspecified atom stereocenters. The highest BCUT2D eigenvalue weighted by molar-refractivity contribution is 8.03. The molecule has 0 bridgehead atoms. The summed E-state index contributed by atoms with van der Waals surface area (Å²) in [5.74, 6) is 0.0731. The number of hydrogen-bond acceptors (Lipinski definition) is 2. The Hall–Kier alpha value is -2.06. The molecule has 1 nitrogen and oxygen atoms in total. The molecule has 1 aliphatic rings. The molecule has 0 N–H and O–H groups in total. The van der Waals surface area contributed by atoms with Crippen LogP contribution in [0.1, 0.15) is 28.8 Å². The van der Waals surface area contributed by atoms with Gasteiger partial charge in [0.2, 0.25) is 0 Å². The summed E-state index contributed by atoms with van der Waals surface area (Å²) in [6.45, 7) is 0. The molecule has 2 aromatic rings. The molecule has 0 atom stereocenters. The summed E-state index contributed by atoms with van der Waals surface area (Å²) in [4.78, 5) is 14.8. The van der Waals surface area contributed by atoms with Crippen molar-refractivity contribution in [3.63, 3.8) is 0 Å². The lowest BCUT2D eigenvalue weighted by Crippen LogP contribution is -2.00. The van der Waals surface area contributed by atoms with E-state index in [1.807, 2.05) is 54.6 Å². The van der Waals surface area contributed by atoms with Crippen LogP contribution in [-0.2, 0) is 0 Å². The second-order valence-corrected chi connectivity index (χ2v) is 6.05. The molecule has 0 heterocycles. The van der Waals surface area contributed by atoms with Crippen molar-refractivity contribution in [3.8, 4) is 0 Å². The third kappa shape index (κ3) is 3.53. The first-order valence-corrected chi connectivity index (χ1v) is 7.89. The number of rotatable bonds is 4. The van der Waals surface area contributed by atoms with E-state index in [2.05, 4.69) is 18.2 Å². The Kier molecular flexibility index (Phi) is 4.37. The molecule has 2 heteroatoms. The largest absolute Gasteiger partial charge is 0.289 e. The van der Waals surface area contributed by atoms with Gasteiger partial charge in [0.25, 0.3) is 0 Å². The van der Waals surface area contributed by atoms with Gasteiger partial charge in [-0.15, -0.1) is 0 Å².